The van der Waals surface area contributed by atoms with Gasteiger partial charge in [-0.15, -0.1) is 11.3 Å². The van der Waals surface area contributed by atoms with Gasteiger partial charge >= 0.3 is 0 Å². The van der Waals surface area contributed by atoms with Crippen LogP contribution in [0, 0.1) is 6.92 Å². The molecule has 0 radical (unpaired) electrons. The van der Waals surface area contributed by atoms with E-state index in [-0.39, 0.29) is 5.78 Å². The maximum atomic E-state index is 12.5. The summed E-state index contributed by atoms with van der Waals surface area (Å²) in [5.74, 6) is 0.678. The Kier molecular flexibility index (Phi) is 4.64. The molecule has 0 bridgehead atoms. The van der Waals surface area contributed by atoms with Gasteiger partial charge in [0.2, 0.25) is 0 Å². The second-order valence-electron chi connectivity index (χ2n) is 7.41. The highest BCUT2D eigenvalue weighted by Crippen LogP contribution is 2.43. The lowest BCUT2D eigenvalue weighted by Gasteiger charge is -2.09. The Bertz CT molecular complexity index is 1450. The molecular weight excluding hydrogens is 404 g/mol. The van der Waals surface area contributed by atoms with E-state index in [1.807, 2.05) is 73.7 Å². The summed E-state index contributed by atoms with van der Waals surface area (Å²) in [5, 5.41) is 0.795. The number of rotatable bonds is 4. The molecule has 0 spiro atoms. The minimum atomic E-state index is -0.0319. The summed E-state index contributed by atoms with van der Waals surface area (Å²) >= 11 is 1.49. The molecule has 5 nitrogen and oxygen atoms in total. The van der Waals surface area contributed by atoms with E-state index >= 15 is 0 Å². The molecule has 0 aliphatic rings. The van der Waals surface area contributed by atoms with Crippen LogP contribution in [0.4, 0.5) is 5.69 Å². The monoisotopic (exact) mass is 424 g/mol. The van der Waals surface area contributed by atoms with Gasteiger partial charge in [-0.2, -0.15) is 0 Å². The number of aromatic nitrogens is 3. The minimum absolute atomic E-state index is 0.0319. The van der Waals surface area contributed by atoms with Crippen molar-refractivity contribution in [3.8, 4) is 10.7 Å². The fourth-order valence-corrected chi connectivity index (χ4v) is 4.99. The van der Waals surface area contributed by atoms with E-state index in [0.29, 0.717) is 22.8 Å². The molecule has 3 aromatic heterocycles. The van der Waals surface area contributed by atoms with Crippen molar-refractivity contribution in [3.05, 3.63) is 77.0 Å². The zero-order valence-electron chi connectivity index (χ0n) is 17.1. The fourth-order valence-electron chi connectivity index (χ4n) is 3.89. The van der Waals surface area contributed by atoms with Gasteiger partial charge in [0.15, 0.2) is 11.6 Å². The normalized spacial score (nSPS) is 11.7. The summed E-state index contributed by atoms with van der Waals surface area (Å²) in [5.41, 5.74) is 12.2. The van der Waals surface area contributed by atoms with Gasteiger partial charge in [0.25, 0.3) is 0 Å². The van der Waals surface area contributed by atoms with Crippen molar-refractivity contribution in [2.45, 2.75) is 13.8 Å². The number of aryl methyl sites for hydroxylation is 1. The third-order valence-electron chi connectivity index (χ3n) is 5.29. The number of ketones is 1. The molecule has 0 aliphatic heterocycles. The third kappa shape index (κ3) is 3.31. The number of thiophene rings is 1. The van der Waals surface area contributed by atoms with Crippen LogP contribution < -0.4 is 5.73 Å². The Morgan fingerprint density at radius 2 is 1.77 bits per heavy atom. The molecule has 6 heteroatoms. The van der Waals surface area contributed by atoms with E-state index < -0.39 is 0 Å². The number of aromatic amines is 1. The van der Waals surface area contributed by atoms with Gasteiger partial charge in [-0.05, 0) is 37.1 Å². The van der Waals surface area contributed by atoms with Gasteiger partial charge in [-0.1, -0.05) is 54.6 Å². The number of pyridine rings is 1. The first-order valence-electron chi connectivity index (χ1n) is 9.94. The van der Waals surface area contributed by atoms with Crippen molar-refractivity contribution in [3.63, 3.8) is 0 Å². The van der Waals surface area contributed by atoms with Gasteiger partial charge in [-0.3, -0.25) is 4.79 Å². The van der Waals surface area contributed by atoms with Crippen LogP contribution in [-0.2, 0) is 0 Å². The lowest BCUT2D eigenvalue weighted by molar-refractivity contribution is 0.101. The first-order chi connectivity index (χ1) is 15.0. The predicted molar refractivity (Wildman–Crippen MR) is 129 cm³/mol. The van der Waals surface area contributed by atoms with Crippen LogP contribution in [-0.4, -0.2) is 20.7 Å². The SMILES string of the molecule is CC(=O)c1c(C)nc2sc(-c3nc4ccccc4[nH]3)c(N)c2c1C=Cc1ccccc1. The number of fused-ring (bicyclic) bond motifs is 2. The number of Topliss-reactive ketones (excluding diaryl/α,β-unsaturated/α-hetero) is 1. The molecule has 5 rings (SSSR count). The van der Waals surface area contributed by atoms with Crippen molar-refractivity contribution >= 4 is 56.2 Å². The van der Waals surface area contributed by atoms with E-state index in [1.165, 1.54) is 11.3 Å². The van der Waals surface area contributed by atoms with Gasteiger partial charge in [0.05, 0.1) is 27.3 Å². The largest absolute Gasteiger partial charge is 0.397 e. The van der Waals surface area contributed by atoms with E-state index in [1.54, 1.807) is 6.92 Å². The highest BCUT2D eigenvalue weighted by Gasteiger charge is 2.22. The smallest absolute Gasteiger partial charge is 0.162 e. The zero-order valence-corrected chi connectivity index (χ0v) is 18.0. The van der Waals surface area contributed by atoms with Crippen LogP contribution in [0.15, 0.2) is 54.6 Å². The summed E-state index contributed by atoms with van der Waals surface area (Å²) in [6, 6.07) is 17.9. The van der Waals surface area contributed by atoms with Gasteiger partial charge in [0.1, 0.15) is 4.83 Å². The minimum Gasteiger partial charge on any atom is -0.397 e. The third-order valence-corrected chi connectivity index (χ3v) is 6.40. The van der Waals surface area contributed by atoms with E-state index in [0.717, 1.165) is 37.3 Å². The molecule has 0 aliphatic carbocycles. The molecule has 3 heterocycles. The van der Waals surface area contributed by atoms with Gasteiger partial charge < -0.3 is 10.7 Å². The molecule has 0 saturated carbocycles. The first-order valence-corrected chi connectivity index (χ1v) is 10.8. The first kappa shape index (κ1) is 19.2. The predicted octanol–water partition coefficient (Wildman–Crippen LogP) is 6.10. The van der Waals surface area contributed by atoms with E-state index in [4.69, 9.17) is 15.7 Å². The summed E-state index contributed by atoms with van der Waals surface area (Å²) in [7, 11) is 0. The number of carbonyl (C=O) groups excluding carboxylic acids is 1. The molecular formula is C25H20N4OS. The molecule has 0 saturated heterocycles. The maximum absolute atomic E-state index is 12.5. The van der Waals surface area contributed by atoms with Crippen LogP contribution in [0.2, 0.25) is 0 Å². The molecule has 31 heavy (non-hydrogen) atoms. The van der Waals surface area contributed by atoms with E-state index in [9.17, 15) is 4.79 Å². The summed E-state index contributed by atoms with van der Waals surface area (Å²) in [4.78, 5) is 26.9. The average Bonchev–Trinajstić information content (AvgIpc) is 3.33. The molecule has 2 aromatic carbocycles. The number of para-hydroxylation sites is 2. The highest BCUT2D eigenvalue weighted by molar-refractivity contribution is 7.22. The molecule has 0 atom stereocenters. The van der Waals surface area contributed by atoms with Crippen molar-refractivity contribution in [1.82, 2.24) is 15.0 Å². The zero-order chi connectivity index (χ0) is 21.5. The quantitative estimate of drug-likeness (QED) is 0.341. The maximum Gasteiger partial charge on any atom is 0.162 e. The number of hydrogen-bond acceptors (Lipinski definition) is 5. The van der Waals surface area contributed by atoms with Crippen molar-refractivity contribution in [1.29, 1.82) is 0 Å². The molecule has 0 fully saturated rings. The number of hydrogen-bond donors (Lipinski definition) is 2. The second kappa shape index (κ2) is 7.49. The molecule has 3 N–H and O–H groups in total. The summed E-state index contributed by atoms with van der Waals surface area (Å²) in [6.07, 6.45) is 3.97. The standard InChI is InChI=1S/C25H20N4OS/c1-14-20(15(2)30)17(13-12-16-8-4-3-5-9-16)21-22(26)23(31-25(21)27-14)24-28-18-10-6-7-11-19(18)29-24/h3-13H,26H2,1-2H3,(H,28,29). The molecule has 0 unspecified atom stereocenters. The number of carbonyl (C=O) groups is 1. The number of nitrogens with two attached hydrogens (primary N) is 1. The van der Waals surface area contributed by atoms with Crippen LogP contribution in [0.5, 0.6) is 0 Å². The highest BCUT2D eigenvalue weighted by atomic mass is 32.1. The molecule has 5 aromatic rings. The van der Waals surface area contributed by atoms with Gasteiger partial charge in [0, 0.05) is 10.9 Å². The molecule has 152 valence electrons. The average molecular weight is 425 g/mol. The Morgan fingerprint density at radius 3 is 2.52 bits per heavy atom. The van der Waals surface area contributed by atoms with Crippen molar-refractivity contribution in [2.75, 3.05) is 5.73 Å². The lowest BCUT2D eigenvalue weighted by Crippen LogP contribution is -2.03. The lowest BCUT2D eigenvalue weighted by atomic mass is 9.98. The number of nitrogens with one attached hydrogen (secondary N) is 1. The number of nitrogen functional groups attached to an aromatic ring is 1. The summed E-state index contributed by atoms with van der Waals surface area (Å²) in [6.45, 7) is 3.44. The van der Waals surface area contributed by atoms with Crippen LogP contribution >= 0.6 is 11.3 Å². The van der Waals surface area contributed by atoms with Gasteiger partial charge in [-0.25, -0.2) is 9.97 Å². The number of benzene rings is 2. The number of H-pyrrole nitrogens is 1. The van der Waals surface area contributed by atoms with E-state index in [2.05, 4.69) is 4.98 Å². The topological polar surface area (TPSA) is 84.7 Å². The second-order valence-corrected chi connectivity index (χ2v) is 8.41. The number of imidazole rings is 1. The van der Waals surface area contributed by atoms with Crippen molar-refractivity contribution < 1.29 is 4.79 Å². The molecule has 0 amide bonds. The Balaban J connectivity index is 1.76. The Labute approximate surface area is 183 Å². The summed E-state index contributed by atoms with van der Waals surface area (Å²) < 4.78 is 0. The van der Waals surface area contributed by atoms with Crippen LogP contribution in [0.3, 0.4) is 0 Å². The fraction of sp³-hybridized carbons (Fsp3) is 0.0800. The number of anilines is 1. The van der Waals surface area contributed by atoms with Crippen LogP contribution in [0.1, 0.15) is 34.1 Å². The number of nitrogens with zero attached hydrogens (tertiary/aromatic N) is 2. The van der Waals surface area contributed by atoms with Crippen LogP contribution in [0.25, 0.3) is 44.1 Å². The van der Waals surface area contributed by atoms with Crippen molar-refractivity contribution in [2.24, 2.45) is 0 Å². The Morgan fingerprint density at radius 1 is 1.03 bits per heavy atom. The Hall–Kier alpha value is -3.77.